The number of rotatable bonds is 8. The number of unbranched alkanes of at least 4 members (excludes halogenated alkanes) is 1. The lowest BCUT2D eigenvalue weighted by Gasteiger charge is -2.28. The maximum absolute atomic E-state index is 13.2. The van der Waals surface area contributed by atoms with Gasteiger partial charge < -0.3 is 4.90 Å². The van der Waals surface area contributed by atoms with Crippen LogP contribution in [0.2, 0.25) is 0 Å². The molecule has 150 valence electrons. The van der Waals surface area contributed by atoms with Gasteiger partial charge in [-0.2, -0.15) is 0 Å². The summed E-state index contributed by atoms with van der Waals surface area (Å²) in [6.07, 6.45) is 2.05. The third-order valence-corrected chi connectivity index (χ3v) is 6.13. The van der Waals surface area contributed by atoms with Crippen molar-refractivity contribution in [2.45, 2.75) is 31.7 Å². The van der Waals surface area contributed by atoms with Gasteiger partial charge in [0.1, 0.15) is 17.0 Å². The Hall–Kier alpha value is -1.92. The summed E-state index contributed by atoms with van der Waals surface area (Å²) < 4.78 is 26.4. The number of hydrogen-bond acceptors (Lipinski definition) is 3. The fourth-order valence-electron chi connectivity index (χ4n) is 3.35. The topological polar surface area (TPSA) is 23.6 Å². The third-order valence-electron chi connectivity index (χ3n) is 4.87. The zero-order chi connectivity index (χ0) is 19.9. The summed E-state index contributed by atoms with van der Waals surface area (Å²) in [5.41, 5.74) is 1.95. The molecule has 0 radical (unpaired) electrons. The smallest absolute Gasteiger partial charge is 0.237 e. The number of thioether (sulfide) groups is 1. The van der Waals surface area contributed by atoms with Gasteiger partial charge in [0.15, 0.2) is 0 Å². The Bertz CT molecular complexity index is 767. The lowest BCUT2D eigenvalue weighted by molar-refractivity contribution is -0.132. The molecule has 1 unspecified atom stereocenters. The van der Waals surface area contributed by atoms with E-state index >= 15 is 0 Å². The maximum atomic E-state index is 13.2. The van der Waals surface area contributed by atoms with Gasteiger partial charge in [0.2, 0.25) is 5.91 Å². The van der Waals surface area contributed by atoms with Crippen LogP contribution in [0.3, 0.4) is 0 Å². The maximum Gasteiger partial charge on any atom is 0.237 e. The van der Waals surface area contributed by atoms with Crippen LogP contribution in [0.25, 0.3) is 0 Å². The molecule has 0 bridgehead atoms. The van der Waals surface area contributed by atoms with E-state index in [1.54, 1.807) is 36.0 Å². The highest BCUT2D eigenvalue weighted by atomic mass is 32.2. The van der Waals surface area contributed by atoms with Crippen molar-refractivity contribution >= 4 is 17.7 Å². The van der Waals surface area contributed by atoms with Crippen molar-refractivity contribution in [3.8, 4) is 0 Å². The van der Waals surface area contributed by atoms with E-state index in [9.17, 15) is 13.6 Å². The highest BCUT2D eigenvalue weighted by molar-refractivity contribution is 7.99. The summed E-state index contributed by atoms with van der Waals surface area (Å²) in [7, 11) is 0. The van der Waals surface area contributed by atoms with Crippen LogP contribution < -0.4 is 0 Å². The first-order valence-corrected chi connectivity index (χ1v) is 10.7. The van der Waals surface area contributed by atoms with E-state index < -0.39 is 0 Å². The molecule has 1 aliphatic rings. The summed E-state index contributed by atoms with van der Waals surface area (Å²) >= 11 is 1.71. The van der Waals surface area contributed by atoms with E-state index in [4.69, 9.17) is 0 Å². The molecule has 1 saturated heterocycles. The van der Waals surface area contributed by atoms with Crippen molar-refractivity contribution in [2.24, 2.45) is 0 Å². The Morgan fingerprint density at radius 2 is 1.75 bits per heavy atom. The molecule has 1 heterocycles. The van der Waals surface area contributed by atoms with E-state index in [0.717, 1.165) is 36.3 Å². The van der Waals surface area contributed by atoms with Gasteiger partial charge >= 0.3 is 0 Å². The molecule has 6 heteroatoms. The Labute approximate surface area is 169 Å². The molecule has 0 spiro atoms. The van der Waals surface area contributed by atoms with Crippen molar-refractivity contribution in [1.29, 1.82) is 0 Å². The first-order valence-electron chi connectivity index (χ1n) is 9.70. The number of halogens is 2. The van der Waals surface area contributed by atoms with Gasteiger partial charge in [0, 0.05) is 18.8 Å². The fraction of sp³-hybridized carbons (Fsp3) is 0.409. The number of carbonyl (C=O) groups is 1. The van der Waals surface area contributed by atoms with E-state index in [2.05, 4.69) is 11.8 Å². The lowest BCUT2D eigenvalue weighted by atomic mass is 10.2. The first kappa shape index (κ1) is 20.8. The molecule has 0 aliphatic carbocycles. The SMILES string of the molecule is CCCCN(CC(=O)N1CCSC1c1ccc(F)cc1)Cc1ccc(F)cc1. The van der Waals surface area contributed by atoms with Crippen LogP contribution in [0.4, 0.5) is 8.78 Å². The lowest BCUT2D eigenvalue weighted by Crippen LogP contribution is -2.40. The van der Waals surface area contributed by atoms with Crippen LogP contribution >= 0.6 is 11.8 Å². The number of carbonyl (C=O) groups excluding carboxylic acids is 1. The van der Waals surface area contributed by atoms with E-state index in [-0.39, 0.29) is 22.9 Å². The van der Waals surface area contributed by atoms with Gasteiger partial charge in [0.05, 0.1) is 6.54 Å². The number of hydrogen-bond donors (Lipinski definition) is 0. The Kier molecular flexibility index (Phi) is 7.45. The van der Waals surface area contributed by atoms with Crippen LogP contribution in [0.15, 0.2) is 48.5 Å². The normalized spacial score (nSPS) is 16.7. The molecule has 28 heavy (non-hydrogen) atoms. The average molecular weight is 405 g/mol. The fourth-order valence-corrected chi connectivity index (χ4v) is 4.63. The number of amides is 1. The minimum Gasteiger partial charge on any atom is -0.325 e. The molecule has 3 rings (SSSR count). The van der Waals surface area contributed by atoms with Crippen molar-refractivity contribution in [3.05, 3.63) is 71.3 Å². The van der Waals surface area contributed by atoms with Gasteiger partial charge in [-0.25, -0.2) is 8.78 Å². The van der Waals surface area contributed by atoms with Gasteiger partial charge in [0.25, 0.3) is 0 Å². The molecule has 1 fully saturated rings. The first-order chi connectivity index (χ1) is 13.6. The summed E-state index contributed by atoms with van der Waals surface area (Å²) in [5, 5.41) is -0.0630. The average Bonchev–Trinajstić information content (AvgIpc) is 3.18. The third kappa shape index (κ3) is 5.55. The Balaban J connectivity index is 1.67. The van der Waals surface area contributed by atoms with E-state index in [1.807, 2.05) is 4.90 Å². The second-order valence-corrected chi connectivity index (χ2v) is 8.24. The summed E-state index contributed by atoms with van der Waals surface area (Å²) in [6, 6.07) is 12.8. The Morgan fingerprint density at radius 1 is 1.11 bits per heavy atom. The second-order valence-electron chi connectivity index (χ2n) is 7.05. The molecule has 1 atom stereocenters. The van der Waals surface area contributed by atoms with Gasteiger partial charge in [-0.1, -0.05) is 37.6 Å². The Morgan fingerprint density at radius 3 is 2.39 bits per heavy atom. The molecule has 1 aliphatic heterocycles. The van der Waals surface area contributed by atoms with Crippen molar-refractivity contribution in [1.82, 2.24) is 9.80 Å². The molecule has 0 N–H and O–H groups in total. The van der Waals surface area contributed by atoms with Gasteiger partial charge in [-0.05, 0) is 48.4 Å². The minimum absolute atomic E-state index is 0.0630. The van der Waals surface area contributed by atoms with Crippen molar-refractivity contribution in [3.63, 3.8) is 0 Å². The van der Waals surface area contributed by atoms with Crippen LogP contribution in [0.5, 0.6) is 0 Å². The highest BCUT2D eigenvalue weighted by Crippen LogP contribution is 2.37. The van der Waals surface area contributed by atoms with Crippen LogP contribution in [-0.4, -0.2) is 41.1 Å². The number of benzene rings is 2. The summed E-state index contributed by atoms with van der Waals surface area (Å²) in [5.74, 6) is 0.434. The van der Waals surface area contributed by atoms with Gasteiger partial charge in [-0.15, -0.1) is 11.8 Å². The minimum atomic E-state index is -0.269. The summed E-state index contributed by atoms with van der Waals surface area (Å²) in [4.78, 5) is 17.1. The molecular weight excluding hydrogens is 378 g/mol. The van der Waals surface area contributed by atoms with Crippen LogP contribution in [0, 0.1) is 11.6 Å². The standard InChI is InChI=1S/C22H26F2N2OS/c1-2-3-12-25(15-17-4-8-19(23)9-5-17)16-21(27)26-13-14-28-22(26)18-6-10-20(24)11-7-18/h4-11,22H,2-3,12-16H2,1H3. The molecule has 0 aromatic heterocycles. The molecular formula is C22H26F2N2OS. The van der Waals surface area contributed by atoms with Crippen molar-refractivity contribution in [2.75, 3.05) is 25.4 Å². The van der Waals surface area contributed by atoms with Crippen molar-refractivity contribution < 1.29 is 13.6 Å². The predicted octanol–water partition coefficient (Wildman–Crippen LogP) is 4.84. The summed E-state index contributed by atoms with van der Waals surface area (Å²) in [6.45, 7) is 4.59. The zero-order valence-electron chi connectivity index (χ0n) is 16.1. The molecule has 2 aromatic carbocycles. The molecule has 3 nitrogen and oxygen atoms in total. The largest absolute Gasteiger partial charge is 0.325 e. The predicted molar refractivity (Wildman–Crippen MR) is 110 cm³/mol. The van der Waals surface area contributed by atoms with Gasteiger partial charge in [-0.3, -0.25) is 9.69 Å². The second kappa shape index (κ2) is 10.0. The number of nitrogens with zero attached hydrogens (tertiary/aromatic N) is 2. The van der Waals surface area contributed by atoms with Crippen LogP contribution in [0.1, 0.15) is 36.3 Å². The monoisotopic (exact) mass is 404 g/mol. The van der Waals surface area contributed by atoms with Crippen LogP contribution in [-0.2, 0) is 11.3 Å². The molecule has 1 amide bonds. The molecule has 2 aromatic rings. The quantitative estimate of drug-likeness (QED) is 0.629. The molecule has 0 saturated carbocycles. The highest BCUT2D eigenvalue weighted by Gasteiger charge is 2.31. The van der Waals surface area contributed by atoms with E-state index in [1.165, 1.54) is 24.3 Å². The van der Waals surface area contributed by atoms with E-state index in [0.29, 0.717) is 19.6 Å². The zero-order valence-corrected chi connectivity index (χ0v) is 16.9.